The Morgan fingerprint density at radius 2 is 2.14 bits per heavy atom. The fraction of sp³-hybridized carbons (Fsp3) is 0. The Labute approximate surface area is 72.8 Å². The maximum absolute atomic E-state index is 3.25. The van der Waals surface area contributed by atoms with E-state index in [0.29, 0.717) is 0 Å². The number of hydrogen-bond acceptors (Lipinski definition) is 4. The van der Waals surface area contributed by atoms with Crippen LogP contribution in [0.25, 0.3) is 0 Å². The van der Waals surface area contributed by atoms with Crippen molar-refractivity contribution in [3.63, 3.8) is 0 Å². The number of hydrogen-bond donors (Lipinski definition) is 1. The fourth-order valence-electron chi connectivity index (χ4n) is 0.112. The number of rotatable bonds is 0. The van der Waals surface area contributed by atoms with Gasteiger partial charge in [-0.05, 0) is 0 Å². The zero-order chi connectivity index (χ0) is 3.54. The molecule has 0 amide bonds. The molecule has 0 aliphatic rings. The van der Waals surface area contributed by atoms with Gasteiger partial charge in [0, 0.05) is 32.7 Å². The average molecular weight is 191 g/mol. The number of H-pyrrole nitrogens is 1. The van der Waals surface area contributed by atoms with Crippen LogP contribution in [0.1, 0.15) is 0 Å². The van der Waals surface area contributed by atoms with Crippen LogP contribution in [0.5, 0.6) is 0 Å². The predicted octanol–water partition coefficient (Wildman–Crippen LogP) is -1.27. The van der Waals surface area contributed by atoms with E-state index in [0.717, 1.165) is 0 Å². The van der Waals surface area contributed by atoms with E-state index in [1.807, 2.05) is 0 Å². The SMILES string of the molecule is [SH-].[Y].[c-]1nn[nH]n1. The molecule has 0 aromatic carbocycles. The van der Waals surface area contributed by atoms with Crippen LogP contribution in [0, 0.1) is 6.33 Å². The molecule has 0 aliphatic carbocycles. The summed E-state index contributed by atoms with van der Waals surface area (Å²) in [6.07, 6.45) is 2.19. The first kappa shape index (κ1) is 10.5. The maximum atomic E-state index is 3.25. The van der Waals surface area contributed by atoms with Crippen LogP contribution < -0.4 is 0 Å². The minimum atomic E-state index is 0. The molecule has 0 bridgehead atoms. The minimum absolute atomic E-state index is 0. The second-order valence-corrected chi connectivity index (χ2v) is 0.512. The summed E-state index contributed by atoms with van der Waals surface area (Å²) in [6.45, 7) is 0. The van der Waals surface area contributed by atoms with Gasteiger partial charge in [0.25, 0.3) is 0 Å². The van der Waals surface area contributed by atoms with Gasteiger partial charge in [0.1, 0.15) is 0 Å². The molecule has 1 N–H and O–H groups in total. The summed E-state index contributed by atoms with van der Waals surface area (Å²) in [5.41, 5.74) is 0. The van der Waals surface area contributed by atoms with Gasteiger partial charge in [-0.3, -0.25) is 0 Å². The minimum Gasteiger partial charge on any atom is -0.813 e. The van der Waals surface area contributed by atoms with Crippen LogP contribution in [0.4, 0.5) is 0 Å². The molecule has 4 nitrogen and oxygen atoms in total. The van der Waals surface area contributed by atoms with Crippen LogP contribution >= 0.6 is 0 Å². The normalized spacial score (nSPS) is 5.71. The Bertz CT molecular complexity index is 68.2. The first-order valence-electron chi connectivity index (χ1n) is 1.09. The van der Waals surface area contributed by atoms with Crippen LogP contribution in [0.15, 0.2) is 0 Å². The van der Waals surface area contributed by atoms with Gasteiger partial charge in [-0.15, -0.1) is 0 Å². The molecular weight excluding hydrogens is 189 g/mol. The first-order valence-corrected chi connectivity index (χ1v) is 1.09. The number of aromatic nitrogens is 4. The van der Waals surface area contributed by atoms with Crippen LogP contribution in [-0.4, -0.2) is 20.6 Å². The van der Waals surface area contributed by atoms with E-state index in [1.54, 1.807) is 0 Å². The Morgan fingerprint density at radius 1 is 1.43 bits per heavy atom. The van der Waals surface area contributed by atoms with Crippen molar-refractivity contribution < 1.29 is 32.7 Å². The Morgan fingerprint density at radius 3 is 2.29 bits per heavy atom. The molecule has 1 rings (SSSR count). The first-order chi connectivity index (χ1) is 2.50. The molecule has 1 radical (unpaired) electrons. The van der Waals surface area contributed by atoms with Gasteiger partial charge in [0.05, 0.1) is 0 Å². The van der Waals surface area contributed by atoms with E-state index < -0.39 is 0 Å². The Balaban J connectivity index is 0. The predicted molar refractivity (Wildman–Crippen MR) is 21.8 cm³/mol. The van der Waals surface area contributed by atoms with E-state index in [2.05, 4.69) is 27.0 Å². The number of nitrogens with one attached hydrogen (secondary N) is 1. The second kappa shape index (κ2) is 6.52. The van der Waals surface area contributed by atoms with Gasteiger partial charge in [0.2, 0.25) is 0 Å². The summed E-state index contributed by atoms with van der Waals surface area (Å²) >= 11 is 0. The van der Waals surface area contributed by atoms with Crippen molar-refractivity contribution in [2.24, 2.45) is 0 Å². The molecule has 0 fully saturated rings. The molecule has 0 unspecified atom stereocenters. The number of nitrogens with zero attached hydrogens (tertiary/aromatic N) is 3. The van der Waals surface area contributed by atoms with E-state index in [4.69, 9.17) is 0 Å². The molecule has 0 spiro atoms. The summed E-state index contributed by atoms with van der Waals surface area (Å²) in [7, 11) is 0. The zero-order valence-electron chi connectivity index (χ0n) is 3.37. The third-order valence-electron chi connectivity index (χ3n) is 0.239. The van der Waals surface area contributed by atoms with Gasteiger partial charge >= 0.3 is 0 Å². The van der Waals surface area contributed by atoms with E-state index in [9.17, 15) is 0 Å². The second-order valence-electron chi connectivity index (χ2n) is 0.512. The summed E-state index contributed by atoms with van der Waals surface area (Å²) in [5, 5.41) is 11.8. The molecule has 0 saturated carbocycles. The van der Waals surface area contributed by atoms with Crippen molar-refractivity contribution >= 4 is 13.5 Å². The summed E-state index contributed by atoms with van der Waals surface area (Å²) < 4.78 is 0. The molecular formula is CH2N4SY-2. The van der Waals surface area contributed by atoms with E-state index in [1.165, 1.54) is 0 Å². The smallest absolute Gasteiger partial charge is 0 e. The van der Waals surface area contributed by atoms with Crippen LogP contribution in [0.3, 0.4) is 0 Å². The third-order valence-corrected chi connectivity index (χ3v) is 0.239. The number of tetrazole rings is 1. The molecule has 7 heavy (non-hydrogen) atoms. The molecule has 0 aliphatic heterocycles. The van der Waals surface area contributed by atoms with Crippen molar-refractivity contribution in [1.82, 2.24) is 20.6 Å². The van der Waals surface area contributed by atoms with Crippen molar-refractivity contribution in [2.75, 3.05) is 0 Å². The van der Waals surface area contributed by atoms with Crippen molar-refractivity contribution in [3.05, 3.63) is 6.33 Å². The summed E-state index contributed by atoms with van der Waals surface area (Å²) in [4.78, 5) is 0. The average Bonchev–Trinajstić information content (AvgIpc) is 1.76. The van der Waals surface area contributed by atoms with Crippen molar-refractivity contribution in [2.45, 2.75) is 0 Å². The topological polar surface area (TPSA) is 54.5 Å². The zero-order valence-corrected chi connectivity index (χ0v) is 7.10. The Kier molecular flexibility index (Phi) is 9.78. The summed E-state index contributed by atoms with van der Waals surface area (Å²) in [6, 6.07) is 0. The van der Waals surface area contributed by atoms with Crippen molar-refractivity contribution in [1.29, 1.82) is 0 Å². The van der Waals surface area contributed by atoms with Gasteiger partial charge in [-0.1, -0.05) is 5.21 Å². The molecule has 1 aromatic rings. The molecule has 0 atom stereocenters. The van der Waals surface area contributed by atoms with Gasteiger partial charge in [0.15, 0.2) is 0 Å². The van der Waals surface area contributed by atoms with Gasteiger partial charge in [-0.25, -0.2) is 11.5 Å². The van der Waals surface area contributed by atoms with Gasteiger partial charge < -0.3 is 23.7 Å². The van der Waals surface area contributed by atoms with Crippen LogP contribution in [-0.2, 0) is 46.2 Å². The van der Waals surface area contributed by atoms with Crippen LogP contribution in [0.2, 0.25) is 0 Å². The van der Waals surface area contributed by atoms with E-state index in [-0.39, 0.29) is 46.2 Å². The fourth-order valence-corrected chi connectivity index (χ4v) is 0.112. The largest absolute Gasteiger partial charge is 0.813 e. The standard InChI is InChI=1S/CHN4.H2S.Y/c1-2-4-5-3-1;;/h(H,2,3,4,5);1H2;/q-1;;/p-1. The molecule has 37 valence electrons. The van der Waals surface area contributed by atoms with Crippen molar-refractivity contribution in [3.8, 4) is 0 Å². The maximum Gasteiger partial charge on any atom is 0 e. The number of aromatic amines is 1. The molecule has 0 saturated heterocycles. The Hall–Kier alpha value is 0.524. The van der Waals surface area contributed by atoms with Gasteiger partial charge in [-0.2, -0.15) is 0 Å². The molecule has 1 heterocycles. The molecule has 1 aromatic heterocycles. The number of thiol groups is 1. The molecule has 6 heteroatoms. The monoisotopic (exact) mass is 191 g/mol. The quantitative estimate of drug-likeness (QED) is 0.315. The van der Waals surface area contributed by atoms with E-state index >= 15 is 0 Å². The summed E-state index contributed by atoms with van der Waals surface area (Å²) in [5.74, 6) is 0. The third kappa shape index (κ3) is 4.38.